The third-order valence-corrected chi connectivity index (χ3v) is 3.92. The van der Waals surface area contributed by atoms with Gasteiger partial charge in [0.2, 0.25) is 5.91 Å². The van der Waals surface area contributed by atoms with Gasteiger partial charge in [-0.05, 0) is 43.0 Å². The highest BCUT2D eigenvalue weighted by Gasteiger charge is 2.25. The molecule has 6 heteroatoms. The van der Waals surface area contributed by atoms with Crippen molar-refractivity contribution in [2.45, 2.75) is 26.2 Å². The molecule has 1 aromatic heterocycles. The number of carbonyl (C=O) groups is 1. The van der Waals surface area contributed by atoms with Crippen LogP contribution in [-0.2, 0) is 11.2 Å². The second-order valence-corrected chi connectivity index (χ2v) is 5.82. The van der Waals surface area contributed by atoms with E-state index in [1.165, 1.54) is 0 Å². The van der Waals surface area contributed by atoms with E-state index >= 15 is 0 Å². The molecule has 0 aliphatic carbocycles. The van der Waals surface area contributed by atoms with E-state index in [2.05, 4.69) is 25.9 Å². The van der Waals surface area contributed by atoms with Crippen molar-refractivity contribution in [2.24, 2.45) is 0 Å². The predicted octanol–water partition coefficient (Wildman–Crippen LogP) is 2.78. The van der Waals surface area contributed by atoms with E-state index in [1.807, 2.05) is 62.4 Å². The molecule has 3 rings (SSSR count). The van der Waals surface area contributed by atoms with Crippen LogP contribution in [0.15, 0.2) is 48.5 Å². The maximum Gasteiger partial charge on any atom is 0.235 e. The molecule has 0 bridgehead atoms. The molecule has 0 aliphatic heterocycles. The number of hydrogen-bond donors (Lipinski definition) is 2. The summed E-state index contributed by atoms with van der Waals surface area (Å²) >= 11 is 0. The van der Waals surface area contributed by atoms with Crippen molar-refractivity contribution in [3.8, 4) is 0 Å². The van der Waals surface area contributed by atoms with Crippen LogP contribution in [0.4, 0.5) is 5.69 Å². The number of H-pyrrole nitrogens is 1. The Morgan fingerprint density at radius 3 is 2.67 bits per heavy atom. The first-order valence-electron chi connectivity index (χ1n) is 7.79. The molecule has 3 aromatic rings. The molecular formula is C18H19N5O. The highest BCUT2D eigenvalue weighted by molar-refractivity contribution is 5.96. The third-order valence-electron chi connectivity index (χ3n) is 3.92. The Bertz CT molecular complexity index is 815. The number of benzene rings is 2. The fourth-order valence-electron chi connectivity index (χ4n) is 2.56. The van der Waals surface area contributed by atoms with Crippen molar-refractivity contribution < 1.29 is 4.79 Å². The van der Waals surface area contributed by atoms with Gasteiger partial charge < -0.3 is 5.32 Å². The van der Waals surface area contributed by atoms with Crippen molar-refractivity contribution in [2.75, 3.05) is 5.32 Å². The number of tetrazole rings is 1. The number of aromatic amines is 1. The maximum absolute atomic E-state index is 12.8. The van der Waals surface area contributed by atoms with Gasteiger partial charge in [-0.1, -0.05) is 47.7 Å². The van der Waals surface area contributed by atoms with E-state index in [4.69, 9.17) is 0 Å². The van der Waals surface area contributed by atoms with Gasteiger partial charge in [-0.3, -0.25) is 4.79 Å². The van der Waals surface area contributed by atoms with Crippen molar-refractivity contribution in [3.05, 3.63) is 71.0 Å². The van der Waals surface area contributed by atoms with Gasteiger partial charge in [0.05, 0.1) is 0 Å². The lowest BCUT2D eigenvalue weighted by molar-refractivity contribution is -0.117. The molecule has 122 valence electrons. The Morgan fingerprint density at radius 2 is 1.96 bits per heavy atom. The van der Waals surface area contributed by atoms with Crippen LogP contribution in [0.3, 0.4) is 0 Å². The molecule has 0 spiro atoms. The Hall–Kier alpha value is -3.02. The zero-order valence-electron chi connectivity index (χ0n) is 13.7. The Morgan fingerprint density at radius 1 is 1.17 bits per heavy atom. The van der Waals surface area contributed by atoms with E-state index in [0.29, 0.717) is 12.2 Å². The molecule has 2 N–H and O–H groups in total. The average Bonchev–Trinajstić information content (AvgIpc) is 3.11. The van der Waals surface area contributed by atoms with Crippen LogP contribution < -0.4 is 5.32 Å². The molecule has 1 atom stereocenters. The van der Waals surface area contributed by atoms with Gasteiger partial charge in [0.15, 0.2) is 5.82 Å². The number of aryl methyl sites for hydroxylation is 2. The monoisotopic (exact) mass is 321 g/mol. The van der Waals surface area contributed by atoms with Crippen molar-refractivity contribution in [1.29, 1.82) is 0 Å². The molecule has 0 saturated carbocycles. The number of hydrogen-bond acceptors (Lipinski definition) is 4. The van der Waals surface area contributed by atoms with Gasteiger partial charge in [0, 0.05) is 5.69 Å². The fraction of sp³-hybridized carbons (Fsp3) is 0.222. The van der Waals surface area contributed by atoms with Gasteiger partial charge in [0.25, 0.3) is 0 Å². The van der Waals surface area contributed by atoms with Gasteiger partial charge in [-0.2, -0.15) is 5.21 Å². The fourth-order valence-corrected chi connectivity index (χ4v) is 2.56. The summed E-state index contributed by atoms with van der Waals surface area (Å²) in [5.74, 6) is -0.262. The van der Waals surface area contributed by atoms with Gasteiger partial charge in [0.1, 0.15) is 5.92 Å². The summed E-state index contributed by atoms with van der Waals surface area (Å²) in [7, 11) is 0. The highest BCUT2D eigenvalue weighted by atomic mass is 16.1. The smallest absolute Gasteiger partial charge is 0.235 e. The topological polar surface area (TPSA) is 83.6 Å². The molecule has 6 nitrogen and oxygen atoms in total. The number of aromatic nitrogens is 4. The normalized spacial score (nSPS) is 11.9. The van der Waals surface area contributed by atoms with E-state index in [-0.39, 0.29) is 5.91 Å². The molecule has 0 fully saturated rings. The first kappa shape index (κ1) is 15.9. The van der Waals surface area contributed by atoms with Crippen LogP contribution >= 0.6 is 0 Å². The minimum absolute atomic E-state index is 0.144. The van der Waals surface area contributed by atoms with Gasteiger partial charge >= 0.3 is 0 Å². The van der Waals surface area contributed by atoms with Crippen LogP contribution in [0, 0.1) is 13.8 Å². The average molecular weight is 321 g/mol. The first-order chi connectivity index (χ1) is 11.6. The molecule has 1 heterocycles. The van der Waals surface area contributed by atoms with Crippen molar-refractivity contribution >= 4 is 11.6 Å². The van der Waals surface area contributed by atoms with Gasteiger partial charge in [-0.15, -0.1) is 10.2 Å². The van der Waals surface area contributed by atoms with E-state index in [9.17, 15) is 4.79 Å². The van der Waals surface area contributed by atoms with E-state index in [0.717, 1.165) is 22.4 Å². The number of carbonyl (C=O) groups excluding carboxylic acids is 1. The summed E-state index contributed by atoms with van der Waals surface area (Å²) in [6.07, 6.45) is 0.511. The second kappa shape index (κ2) is 7.04. The standard InChI is InChI=1S/C18H19N5O/c1-12-8-9-13(2)16(10-12)19-18(24)15(17-20-22-23-21-17)11-14-6-4-3-5-7-14/h3-10,15H,11H2,1-2H3,(H,19,24)(H,20,21,22,23)/t15-/m1/s1. The number of amides is 1. The molecule has 1 amide bonds. The minimum atomic E-state index is -0.508. The second-order valence-electron chi connectivity index (χ2n) is 5.82. The van der Waals surface area contributed by atoms with E-state index < -0.39 is 5.92 Å². The maximum atomic E-state index is 12.8. The minimum Gasteiger partial charge on any atom is -0.325 e. The Balaban J connectivity index is 1.85. The quantitative estimate of drug-likeness (QED) is 0.757. The van der Waals surface area contributed by atoms with Crippen LogP contribution in [-0.4, -0.2) is 26.5 Å². The number of nitrogens with zero attached hydrogens (tertiary/aromatic N) is 3. The summed E-state index contributed by atoms with van der Waals surface area (Å²) in [6.45, 7) is 3.96. The number of rotatable bonds is 5. The molecule has 0 aliphatic rings. The summed E-state index contributed by atoms with van der Waals surface area (Å²) in [5.41, 5.74) is 3.96. The Labute approximate surface area is 140 Å². The number of anilines is 1. The summed E-state index contributed by atoms with van der Waals surface area (Å²) in [4.78, 5) is 12.8. The summed E-state index contributed by atoms with van der Waals surface area (Å²) < 4.78 is 0. The molecule has 0 radical (unpaired) electrons. The summed E-state index contributed by atoms with van der Waals surface area (Å²) in [5, 5.41) is 17.0. The third kappa shape index (κ3) is 3.65. The molecule has 24 heavy (non-hydrogen) atoms. The van der Waals surface area contributed by atoms with Crippen LogP contribution in [0.1, 0.15) is 28.4 Å². The summed E-state index contributed by atoms with van der Waals surface area (Å²) in [6, 6.07) is 15.8. The predicted molar refractivity (Wildman–Crippen MR) is 91.6 cm³/mol. The van der Waals surface area contributed by atoms with E-state index in [1.54, 1.807) is 0 Å². The lowest BCUT2D eigenvalue weighted by atomic mass is 9.97. The lowest BCUT2D eigenvalue weighted by Gasteiger charge is -2.15. The SMILES string of the molecule is Cc1ccc(C)c(NC(=O)[C@H](Cc2ccccc2)c2nn[nH]n2)c1. The van der Waals surface area contributed by atoms with Crippen LogP contribution in [0.2, 0.25) is 0 Å². The van der Waals surface area contributed by atoms with Crippen LogP contribution in [0.5, 0.6) is 0 Å². The lowest BCUT2D eigenvalue weighted by Crippen LogP contribution is -2.24. The number of nitrogens with one attached hydrogen (secondary N) is 2. The zero-order valence-corrected chi connectivity index (χ0v) is 13.7. The van der Waals surface area contributed by atoms with Crippen LogP contribution in [0.25, 0.3) is 0 Å². The molecular weight excluding hydrogens is 302 g/mol. The Kier molecular flexibility index (Phi) is 4.65. The zero-order chi connectivity index (χ0) is 16.9. The molecule has 0 saturated heterocycles. The first-order valence-corrected chi connectivity index (χ1v) is 7.79. The largest absolute Gasteiger partial charge is 0.325 e. The molecule has 2 aromatic carbocycles. The van der Waals surface area contributed by atoms with Gasteiger partial charge in [-0.25, -0.2) is 0 Å². The highest BCUT2D eigenvalue weighted by Crippen LogP contribution is 2.22. The van der Waals surface area contributed by atoms with Crippen molar-refractivity contribution in [1.82, 2.24) is 20.6 Å². The molecule has 0 unspecified atom stereocenters. The van der Waals surface area contributed by atoms with Crippen molar-refractivity contribution in [3.63, 3.8) is 0 Å².